The van der Waals surface area contributed by atoms with Crippen LogP contribution >= 0.6 is 0 Å². The van der Waals surface area contributed by atoms with Crippen LogP contribution in [0.4, 0.5) is 4.79 Å². The zero-order valence-electron chi connectivity index (χ0n) is 9.30. The molecule has 0 spiro atoms. The lowest BCUT2D eigenvalue weighted by molar-refractivity contribution is 0.161. The van der Waals surface area contributed by atoms with Crippen molar-refractivity contribution in [1.82, 2.24) is 10.2 Å². The predicted octanol–water partition coefficient (Wildman–Crippen LogP) is 1.22. The Hall–Kier alpha value is -0.770. The first-order valence-corrected chi connectivity index (χ1v) is 5.26. The van der Waals surface area contributed by atoms with Gasteiger partial charge in [-0.2, -0.15) is 0 Å². The topological polar surface area (TPSA) is 41.6 Å². The Balaban J connectivity index is 2.46. The Morgan fingerprint density at radius 3 is 2.57 bits per heavy atom. The molecule has 1 unspecified atom stereocenters. The van der Waals surface area contributed by atoms with Gasteiger partial charge < -0.3 is 15.0 Å². The molecule has 1 aliphatic rings. The van der Waals surface area contributed by atoms with Gasteiger partial charge in [0.1, 0.15) is 0 Å². The number of amides is 2. The fourth-order valence-electron chi connectivity index (χ4n) is 1.61. The van der Waals surface area contributed by atoms with E-state index in [1.807, 2.05) is 20.8 Å². The van der Waals surface area contributed by atoms with E-state index in [0.717, 1.165) is 26.1 Å². The van der Waals surface area contributed by atoms with Crippen LogP contribution in [0, 0.1) is 0 Å². The molecular formula is C10H20N2O2. The number of urea groups is 1. The summed E-state index contributed by atoms with van der Waals surface area (Å²) < 4.78 is 5.27. The average Bonchev–Trinajstić information content (AvgIpc) is 2.54. The molecule has 1 fully saturated rings. The monoisotopic (exact) mass is 200 g/mol. The van der Waals surface area contributed by atoms with Gasteiger partial charge in [-0.1, -0.05) is 0 Å². The molecular weight excluding hydrogens is 180 g/mol. The lowest BCUT2D eigenvalue weighted by Crippen LogP contribution is -2.52. The van der Waals surface area contributed by atoms with E-state index in [2.05, 4.69) is 5.32 Å². The van der Waals surface area contributed by atoms with Gasteiger partial charge in [-0.3, -0.25) is 0 Å². The third-order valence-electron chi connectivity index (χ3n) is 2.68. The van der Waals surface area contributed by atoms with Crippen LogP contribution in [0.25, 0.3) is 0 Å². The molecule has 0 aromatic rings. The number of carbonyl (C=O) groups excluding carboxylic acids is 1. The van der Waals surface area contributed by atoms with Gasteiger partial charge in [0.15, 0.2) is 0 Å². The van der Waals surface area contributed by atoms with Crippen LogP contribution in [-0.4, -0.2) is 42.8 Å². The van der Waals surface area contributed by atoms with Crippen molar-refractivity contribution in [2.75, 3.05) is 26.3 Å². The van der Waals surface area contributed by atoms with Crippen molar-refractivity contribution in [3.63, 3.8) is 0 Å². The first-order chi connectivity index (χ1) is 6.61. The molecule has 1 heterocycles. The third kappa shape index (κ3) is 2.61. The molecule has 1 N–H and O–H groups in total. The first-order valence-electron chi connectivity index (χ1n) is 5.26. The summed E-state index contributed by atoms with van der Waals surface area (Å²) >= 11 is 0. The number of ether oxygens (including phenoxy) is 1. The van der Waals surface area contributed by atoms with E-state index in [9.17, 15) is 4.79 Å². The summed E-state index contributed by atoms with van der Waals surface area (Å²) in [4.78, 5) is 13.5. The van der Waals surface area contributed by atoms with E-state index >= 15 is 0 Å². The van der Waals surface area contributed by atoms with E-state index in [-0.39, 0.29) is 11.6 Å². The molecule has 1 atom stereocenters. The van der Waals surface area contributed by atoms with Gasteiger partial charge in [0, 0.05) is 19.7 Å². The van der Waals surface area contributed by atoms with Crippen LogP contribution in [-0.2, 0) is 4.74 Å². The maximum atomic E-state index is 11.7. The molecule has 0 bridgehead atoms. The highest BCUT2D eigenvalue weighted by atomic mass is 16.5. The summed E-state index contributed by atoms with van der Waals surface area (Å²) in [5.41, 5.74) is -0.167. The van der Waals surface area contributed by atoms with Crippen molar-refractivity contribution >= 4 is 6.03 Å². The fraction of sp³-hybridized carbons (Fsp3) is 0.900. The van der Waals surface area contributed by atoms with E-state index < -0.39 is 0 Å². The van der Waals surface area contributed by atoms with Gasteiger partial charge >= 0.3 is 6.03 Å². The molecule has 2 amide bonds. The van der Waals surface area contributed by atoms with E-state index in [1.54, 1.807) is 4.90 Å². The molecule has 4 nitrogen and oxygen atoms in total. The van der Waals surface area contributed by atoms with Crippen LogP contribution in [0.5, 0.6) is 0 Å². The fourth-order valence-corrected chi connectivity index (χ4v) is 1.61. The summed E-state index contributed by atoms with van der Waals surface area (Å²) in [6.07, 6.45) is 0.903. The number of carbonyl (C=O) groups is 1. The Morgan fingerprint density at radius 2 is 2.14 bits per heavy atom. The second-order valence-electron chi connectivity index (χ2n) is 3.97. The van der Waals surface area contributed by atoms with Crippen LogP contribution in [0.15, 0.2) is 0 Å². The zero-order chi connectivity index (χ0) is 10.6. The number of hydrogen-bond donors (Lipinski definition) is 1. The third-order valence-corrected chi connectivity index (χ3v) is 2.68. The highest BCUT2D eigenvalue weighted by Gasteiger charge is 2.32. The Labute approximate surface area is 85.6 Å². The number of nitrogens with zero attached hydrogens (tertiary/aromatic N) is 1. The average molecular weight is 200 g/mol. The second-order valence-corrected chi connectivity index (χ2v) is 3.97. The minimum absolute atomic E-state index is 0.0167. The van der Waals surface area contributed by atoms with E-state index in [4.69, 9.17) is 4.74 Å². The minimum atomic E-state index is -0.167. The van der Waals surface area contributed by atoms with E-state index in [0.29, 0.717) is 6.61 Å². The predicted molar refractivity (Wildman–Crippen MR) is 55.3 cm³/mol. The molecule has 0 aromatic carbocycles. The van der Waals surface area contributed by atoms with Gasteiger partial charge in [-0.05, 0) is 27.2 Å². The summed E-state index contributed by atoms with van der Waals surface area (Å²) in [7, 11) is 0. The van der Waals surface area contributed by atoms with Gasteiger partial charge in [0.25, 0.3) is 0 Å². The first kappa shape index (κ1) is 11.3. The Bertz CT molecular complexity index is 196. The summed E-state index contributed by atoms with van der Waals surface area (Å²) in [6, 6.07) is 0.0167. The molecule has 0 aliphatic carbocycles. The van der Waals surface area contributed by atoms with Crippen LogP contribution in [0.2, 0.25) is 0 Å². The zero-order valence-corrected chi connectivity index (χ0v) is 9.30. The maximum absolute atomic E-state index is 11.7. The van der Waals surface area contributed by atoms with Gasteiger partial charge in [0.2, 0.25) is 0 Å². The van der Waals surface area contributed by atoms with Crippen molar-refractivity contribution in [3.05, 3.63) is 0 Å². The van der Waals surface area contributed by atoms with Gasteiger partial charge in [-0.25, -0.2) is 4.79 Å². The number of hydrogen-bond acceptors (Lipinski definition) is 2. The van der Waals surface area contributed by atoms with Crippen molar-refractivity contribution in [2.45, 2.75) is 32.7 Å². The SMILES string of the molecule is CCN(CC)C(=O)NC1(C)CCOC1. The van der Waals surface area contributed by atoms with Crippen LogP contribution in [0.1, 0.15) is 27.2 Å². The normalized spacial score (nSPS) is 26.2. The Kier molecular flexibility index (Phi) is 3.75. The summed E-state index contributed by atoms with van der Waals surface area (Å²) in [5.74, 6) is 0. The molecule has 0 radical (unpaired) electrons. The molecule has 1 rings (SSSR count). The van der Waals surface area contributed by atoms with Gasteiger partial charge in [0.05, 0.1) is 12.1 Å². The number of nitrogens with one attached hydrogen (secondary N) is 1. The molecule has 14 heavy (non-hydrogen) atoms. The largest absolute Gasteiger partial charge is 0.379 e. The standard InChI is InChI=1S/C10H20N2O2/c1-4-12(5-2)9(13)11-10(3)6-7-14-8-10/h4-8H2,1-3H3,(H,11,13). The van der Waals surface area contributed by atoms with Crippen LogP contribution < -0.4 is 5.32 Å². The van der Waals surface area contributed by atoms with E-state index in [1.165, 1.54) is 0 Å². The molecule has 1 saturated heterocycles. The summed E-state index contributed by atoms with van der Waals surface area (Å²) in [6.45, 7) is 8.86. The van der Waals surface area contributed by atoms with Crippen molar-refractivity contribution in [2.24, 2.45) is 0 Å². The molecule has 1 aliphatic heterocycles. The van der Waals surface area contributed by atoms with Crippen molar-refractivity contribution in [1.29, 1.82) is 0 Å². The smallest absolute Gasteiger partial charge is 0.317 e. The Morgan fingerprint density at radius 1 is 1.50 bits per heavy atom. The molecule has 4 heteroatoms. The molecule has 0 saturated carbocycles. The van der Waals surface area contributed by atoms with Crippen LogP contribution in [0.3, 0.4) is 0 Å². The summed E-state index contributed by atoms with van der Waals surface area (Å²) in [5, 5.41) is 3.02. The molecule has 82 valence electrons. The van der Waals surface area contributed by atoms with Crippen molar-refractivity contribution < 1.29 is 9.53 Å². The lowest BCUT2D eigenvalue weighted by Gasteiger charge is -2.28. The van der Waals surface area contributed by atoms with Gasteiger partial charge in [-0.15, -0.1) is 0 Å². The second kappa shape index (κ2) is 4.64. The highest BCUT2D eigenvalue weighted by molar-refractivity contribution is 5.75. The molecule has 0 aromatic heterocycles. The lowest BCUT2D eigenvalue weighted by atomic mass is 10.0. The maximum Gasteiger partial charge on any atom is 0.317 e. The number of rotatable bonds is 3. The minimum Gasteiger partial charge on any atom is -0.379 e. The van der Waals surface area contributed by atoms with Crippen molar-refractivity contribution in [3.8, 4) is 0 Å². The quantitative estimate of drug-likeness (QED) is 0.744. The highest BCUT2D eigenvalue weighted by Crippen LogP contribution is 2.17.